The second-order valence-electron chi connectivity index (χ2n) is 3.83. The zero-order valence-electron chi connectivity index (χ0n) is 9.34. The van der Waals surface area contributed by atoms with Gasteiger partial charge in [-0.1, -0.05) is 38.8 Å². The average molecular weight is 184 g/mol. The Hall–Kier alpha value is -0.300. The fourth-order valence-corrected chi connectivity index (χ4v) is 1.82. The average Bonchev–Trinajstić information content (AvgIpc) is 2.05. The normalized spacial score (nSPS) is 12.6. The van der Waals surface area contributed by atoms with Crippen molar-refractivity contribution in [3.8, 4) is 0 Å². The van der Waals surface area contributed by atoms with Gasteiger partial charge in [0.25, 0.3) is 0 Å². The van der Waals surface area contributed by atoms with E-state index in [0.717, 1.165) is 38.5 Å². The Morgan fingerprint density at radius 2 is 1.62 bits per heavy atom. The number of hydrogen-bond acceptors (Lipinski definition) is 1. The predicted molar refractivity (Wildman–Crippen MR) is 58.8 cm³/mol. The first-order valence-electron chi connectivity index (χ1n) is 5.52. The number of aliphatic hydroxyl groups is 1. The maximum Gasteiger partial charge on any atom is 0.0650 e. The molecule has 0 rings (SSSR count). The summed E-state index contributed by atoms with van der Waals surface area (Å²) in [6.45, 7) is 6.30. The molecular formula is C12H24O. The second kappa shape index (κ2) is 7.14. The van der Waals surface area contributed by atoms with Crippen LogP contribution in [0, 0.1) is 0 Å². The molecule has 0 aliphatic carbocycles. The summed E-state index contributed by atoms with van der Waals surface area (Å²) >= 11 is 0. The van der Waals surface area contributed by atoms with E-state index in [2.05, 4.69) is 26.0 Å². The van der Waals surface area contributed by atoms with E-state index >= 15 is 0 Å². The SMILES string of the molecule is C/C=C/CCC(O)(CCC)CCC. The molecular weight excluding hydrogens is 160 g/mol. The van der Waals surface area contributed by atoms with Gasteiger partial charge in [0, 0.05) is 0 Å². The van der Waals surface area contributed by atoms with Gasteiger partial charge in [0.15, 0.2) is 0 Å². The molecule has 78 valence electrons. The van der Waals surface area contributed by atoms with Gasteiger partial charge < -0.3 is 5.11 Å². The molecule has 0 fully saturated rings. The first kappa shape index (κ1) is 12.7. The Morgan fingerprint density at radius 1 is 1.08 bits per heavy atom. The van der Waals surface area contributed by atoms with Crippen molar-refractivity contribution in [2.24, 2.45) is 0 Å². The van der Waals surface area contributed by atoms with Crippen LogP contribution < -0.4 is 0 Å². The zero-order valence-corrected chi connectivity index (χ0v) is 9.34. The summed E-state index contributed by atoms with van der Waals surface area (Å²) in [4.78, 5) is 0. The number of hydrogen-bond donors (Lipinski definition) is 1. The van der Waals surface area contributed by atoms with E-state index in [-0.39, 0.29) is 0 Å². The zero-order chi connectivity index (χ0) is 10.2. The van der Waals surface area contributed by atoms with Crippen LogP contribution in [0.2, 0.25) is 0 Å². The van der Waals surface area contributed by atoms with E-state index in [1.54, 1.807) is 0 Å². The molecule has 0 saturated heterocycles. The van der Waals surface area contributed by atoms with Gasteiger partial charge in [-0.05, 0) is 32.6 Å². The summed E-state index contributed by atoms with van der Waals surface area (Å²) in [5.41, 5.74) is -0.400. The summed E-state index contributed by atoms with van der Waals surface area (Å²) in [5, 5.41) is 10.2. The lowest BCUT2D eigenvalue weighted by atomic mass is 9.88. The summed E-state index contributed by atoms with van der Waals surface area (Å²) < 4.78 is 0. The lowest BCUT2D eigenvalue weighted by Crippen LogP contribution is -2.27. The van der Waals surface area contributed by atoms with E-state index in [1.165, 1.54) is 0 Å². The highest BCUT2D eigenvalue weighted by atomic mass is 16.3. The van der Waals surface area contributed by atoms with E-state index in [9.17, 15) is 5.11 Å². The Balaban J connectivity index is 3.90. The molecule has 0 heterocycles. The molecule has 0 amide bonds. The fraction of sp³-hybridized carbons (Fsp3) is 0.833. The van der Waals surface area contributed by atoms with Gasteiger partial charge in [-0.15, -0.1) is 0 Å². The maximum atomic E-state index is 10.2. The van der Waals surface area contributed by atoms with Gasteiger partial charge in [-0.2, -0.15) is 0 Å². The van der Waals surface area contributed by atoms with Crippen molar-refractivity contribution in [3.63, 3.8) is 0 Å². The van der Waals surface area contributed by atoms with Gasteiger partial charge in [-0.3, -0.25) is 0 Å². The van der Waals surface area contributed by atoms with E-state index in [0.29, 0.717) is 0 Å². The lowest BCUT2D eigenvalue weighted by molar-refractivity contribution is 0.0138. The molecule has 1 nitrogen and oxygen atoms in total. The van der Waals surface area contributed by atoms with Gasteiger partial charge in [-0.25, -0.2) is 0 Å². The van der Waals surface area contributed by atoms with Crippen molar-refractivity contribution >= 4 is 0 Å². The molecule has 0 unspecified atom stereocenters. The highest BCUT2D eigenvalue weighted by Crippen LogP contribution is 2.25. The van der Waals surface area contributed by atoms with Crippen LogP contribution in [0.4, 0.5) is 0 Å². The summed E-state index contributed by atoms with van der Waals surface area (Å²) in [6.07, 6.45) is 10.1. The minimum Gasteiger partial charge on any atom is -0.390 e. The van der Waals surface area contributed by atoms with Gasteiger partial charge in [0.2, 0.25) is 0 Å². The van der Waals surface area contributed by atoms with Crippen molar-refractivity contribution < 1.29 is 5.11 Å². The molecule has 1 heteroatoms. The van der Waals surface area contributed by atoms with Crippen molar-refractivity contribution in [1.82, 2.24) is 0 Å². The molecule has 0 aliphatic rings. The topological polar surface area (TPSA) is 20.2 Å². The third-order valence-corrected chi connectivity index (χ3v) is 2.44. The van der Waals surface area contributed by atoms with Gasteiger partial charge in [0.1, 0.15) is 0 Å². The molecule has 0 saturated carbocycles. The molecule has 0 bridgehead atoms. The van der Waals surface area contributed by atoms with Crippen molar-refractivity contribution in [2.45, 2.75) is 64.9 Å². The molecule has 13 heavy (non-hydrogen) atoms. The molecule has 0 aromatic rings. The van der Waals surface area contributed by atoms with Crippen molar-refractivity contribution in [1.29, 1.82) is 0 Å². The van der Waals surface area contributed by atoms with E-state index in [4.69, 9.17) is 0 Å². The van der Waals surface area contributed by atoms with Crippen LogP contribution in [0.15, 0.2) is 12.2 Å². The number of rotatable bonds is 7. The van der Waals surface area contributed by atoms with Crippen LogP contribution >= 0.6 is 0 Å². The van der Waals surface area contributed by atoms with Crippen molar-refractivity contribution in [3.05, 3.63) is 12.2 Å². The predicted octanol–water partition coefficient (Wildman–Crippen LogP) is 3.67. The summed E-state index contributed by atoms with van der Waals surface area (Å²) in [7, 11) is 0. The molecule has 1 N–H and O–H groups in total. The molecule has 0 aromatic heterocycles. The van der Waals surface area contributed by atoms with Gasteiger partial charge in [0.05, 0.1) is 5.60 Å². The van der Waals surface area contributed by atoms with E-state index in [1.807, 2.05) is 6.92 Å². The Morgan fingerprint density at radius 3 is 2.00 bits per heavy atom. The summed E-state index contributed by atoms with van der Waals surface area (Å²) in [5.74, 6) is 0. The Kier molecular flexibility index (Phi) is 6.97. The van der Waals surface area contributed by atoms with Crippen LogP contribution in [0.1, 0.15) is 59.3 Å². The van der Waals surface area contributed by atoms with Crippen LogP contribution in [-0.2, 0) is 0 Å². The third kappa shape index (κ3) is 5.87. The van der Waals surface area contributed by atoms with Crippen LogP contribution in [0.5, 0.6) is 0 Å². The minimum atomic E-state index is -0.400. The third-order valence-electron chi connectivity index (χ3n) is 2.44. The highest BCUT2D eigenvalue weighted by molar-refractivity contribution is 4.84. The molecule has 0 spiro atoms. The summed E-state index contributed by atoms with van der Waals surface area (Å²) in [6, 6.07) is 0. The first-order chi connectivity index (χ1) is 6.18. The monoisotopic (exact) mass is 184 g/mol. The standard InChI is InChI=1S/C12H24O/c1-4-7-8-11-12(13,9-5-2)10-6-3/h4,7,13H,5-6,8-11H2,1-3H3/b7-4+. The Bertz CT molecular complexity index is 132. The molecule has 0 atom stereocenters. The van der Waals surface area contributed by atoms with Gasteiger partial charge >= 0.3 is 0 Å². The lowest BCUT2D eigenvalue weighted by Gasteiger charge is -2.26. The Labute approximate surface area is 82.9 Å². The maximum absolute atomic E-state index is 10.2. The first-order valence-corrected chi connectivity index (χ1v) is 5.52. The molecule has 0 aliphatic heterocycles. The quantitative estimate of drug-likeness (QED) is 0.598. The van der Waals surface area contributed by atoms with E-state index < -0.39 is 5.60 Å². The largest absolute Gasteiger partial charge is 0.390 e. The van der Waals surface area contributed by atoms with Crippen LogP contribution in [0.25, 0.3) is 0 Å². The second-order valence-corrected chi connectivity index (χ2v) is 3.83. The highest BCUT2D eigenvalue weighted by Gasteiger charge is 2.23. The molecule has 0 radical (unpaired) electrons. The smallest absolute Gasteiger partial charge is 0.0650 e. The van der Waals surface area contributed by atoms with Crippen molar-refractivity contribution in [2.75, 3.05) is 0 Å². The van der Waals surface area contributed by atoms with Crippen LogP contribution in [-0.4, -0.2) is 10.7 Å². The minimum absolute atomic E-state index is 0.400. The molecule has 0 aromatic carbocycles. The fourth-order valence-electron chi connectivity index (χ4n) is 1.82. The van der Waals surface area contributed by atoms with Crippen LogP contribution in [0.3, 0.4) is 0 Å². The number of allylic oxidation sites excluding steroid dienone is 2.